The van der Waals surface area contributed by atoms with Gasteiger partial charge in [0.15, 0.2) is 12.3 Å². The molecule has 4 N–H and O–H groups in total. The van der Waals surface area contributed by atoms with Crippen LogP contribution in [0.1, 0.15) is 81.9 Å². The predicted octanol–water partition coefficient (Wildman–Crippen LogP) is 6.73. The van der Waals surface area contributed by atoms with E-state index in [0.29, 0.717) is 0 Å². The summed E-state index contributed by atoms with van der Waals surface area (Å²) in [6, 6.07) is 32.4. The van der Waals surface area contributed by atoms with E-state index in [2.05, 4.69) is 27.8 Å². The van der Waals surface area contributed by atoms with E-state index in [9.17, 15) is 28.8 Å². The fourth-order valence-electron chi connectivity index (χ4n) is 7.68. The fourth-order valence-corrected chi connectivity index (χ4v) is 7.68. The van der Waals surface area contributed by atoms with E-state index in [1.165, 1.54) is 6.08 Å². The minimum atomic E-state index is -1.66. The molecule has 17 nitrogen and oxygen atoms in total. The number of hydrogen-bond acceptors (Lipinski definition) is 13. The largest absolute Gasteiger partial charge is 0.458 e. The third-order valence-corrected chi connectivity index (χ3v) is 11.4. The average Bonchev–Trinajstić information content (AvgIpc) is 3.36. The van der Waals surface area contributed by atoms with E-state index in [1.54, 1.807) is 78.8 Å². The Labute approximate surface area is 428 Å². The molecule has 1 heterocycles. The lowest BCUT2D eigenvalue weighted by Crippen LogP contribution is -2.66. The molecule has 17 heteroatoms. The number of nitrogens with one attached hydrogen (secondary N) is 4. The molecule has 4 aromatic carbocycles. The summed E-state index contributed by atoms with van der Waals surface area (Å²) in [5.41, 5.74) is 1.81. The zero-order valence-corrected chi connectivity index (χ0v) is 42.7. The monoisotopic (exact) mass is 1010 g/mol. The summed E-state index contributed by atoms with van der Waals surface area (Å²) in [7, 11) is 0. The van der Waals surface area contributed by atoms with Gasteiger partial charge in [-0.1, -0.05) is 150 Å². The molecule has 0 spiro atoms. The SMILES string of the molecule is C=CCOC(=O)N[C@H](C(=O)N[C@@H](CC(=O)N[C@@H]1OC(COCc2ccccc2)[C@H](OCc2ccccc2)C(OCc2ccccc2)C1OC(=O)c1ccccc1)C(=O)N[C@H](C(=O)OC(C)(C)C)C(C)C)C(C)C. The van der Waals surface area contributed by atoms with Gasteiger partial charge in [-0.15, -0.1) is 0 Å². The Kier molecular flexibility index (Phi) is 22.1. The number of amides is 4. The summed E-state index contributed by atoms with van der Waals surface area (Å²) in [5, 5.41) is 10.6. The maximum absolute atomic E-state index is 14.7. The van der Waals surface area contributed by atoms with Crippen molar-refractivity contribution in [2.45, 2.75) is 129 Å². The Morgan fingerprint density at radius 3 is 1.68 bits per heavy atom. The van der Waals surface area contributed by atoms with Gasteiger partial charge in [0.05, 0.1) is 38.4 Å². The second-order valence-electron chi connectivity index (χ2n) is 19.2. The average molecular weight is 1010 g/mol. The number of esters is 2. The maximum atomic E-state index is 14.7. The highest BCUT2D eigenvalue weighted by Gasteiger charge is 2.51. The van der Waals surface area contributed by atoms with Crippen LogP contribution in [0.5, 0.6) is 0 Å². The van der Waals surface area contributed by atoms with Gasteiger partial charge in [-0.25, -0.2) is 14.4 Å². The number of alkyl carbamates (subject to hydrolysis) is 1. The van der Waals surface area contributed by atoms with Crippen LogP contribution >= 0.6 is 0 Å². The van der Waals surface area contributed by atoms with Crippen molar-refractivity contribution in [3.63, 3.8) is 0 Å². The second-order valence-corrected chi connectivity index (χ2v) is 19.2. The third kappa shape index (κ3) is 18.6. The molecule has 1 aliphatic rings. The van der Waals surface area contributed by atoms with Gasteiger partial charge in [-0.2, -0.15) is 0 Å². The molecule has 3 unspecified atom stereocenters. The van der Waals surface area contributed by atoms with E-state index in [4.69, 9.17) is 33.2 Å². The molecule has 1 saturated heterocycles. The molecule has 1 fully saturated rings. The molecule has 0 radical (unpaired) electrons. The molecule has 392 valence electrons. The van der Waals surface area contributed by atoms with Gasteiger partial charge in [0, 0.05) is 0 Å². The molecule has 4 amide bonds. The zero-order valence-electron chi connectivity index (χ0n) is 42.7. The molecule has 5 rings (SSSR count). The molecule has 0 saturated carbocycles. The minimum Gasteiger partial charge on any atom is -0.458 e. The zero-order chi connectivity index (χ0) is 52.9. The van der Waals surface area contributed by atoms with Gasteiger partial charge < -0.3 is 54.4 Å². The lowest BCUT2D eigenvalue weighted by atomic mass is 9.96. The summed E-state index contributed by atoms with van der Waals surface area (Å²) in [6.07, 6.45) is -6.24. The van der Waals surface area contributed by atoms with Gasteiger partial charge in [0.1, 0.15) is 48.6 Å². The number of hydrogen-bond donors (Lipinski definition) is 4. The highest BCUT2D eigenvalue weighted by atomic mass is 16.6. The third-order valence-electron chi connectivity index (χ3n) is 11.4. The Morgan fingerprint density at radius 2 is 1.16 bits per heavy atom. The Morgan fingerprint density at radius 1 is 0.644 bits per heavy atom. The number of carbonyl (C=O) groups excluding carboxylic acids is 6. The molecular weight excluding hydrogens is 937 g/mol. The number of benzene rings is 4. The van der Waals surface area contributed by atoms with Crippen LogP contribution in [-0.4, -0.2) is 103 Å². The summed E-state index contributed by atoms with van der Waals surface area (Å²) in [4.78, 5) is 83.4. The first kappa shape index (κ1) is 57.0. The van der Waals surface area contributed by atoms with Gasteiger partial charge in [0.2, 0.25) is 17.7 Å². The van der Waals surface area contributed by atoms with Crippen LogP contribution in [0.3, 0.4) is 0 Å². The van der Waals surface area contributed by atoms with E-state index in [0.717, 1.165) is 16.7 Å². The molecule has 4 aromatic rings. The number of rotatable bonds is 25. The van der Waals surface area contributed by atoms with Crippen LogP contribution in [0.2, 0.25) is 0 Å². The van der Waals surface area contributed by atoms with Crippen molar-refractivity contribution in [3.05, 3.63) is 156 Å². The smallest absolute Gasteiger partial charge is 0.408 e. The molecule has 1 aliphatic heterocycles. The van der Waals surface area contributed by atoms with Crippen LogP contribution < -0.4 is 21.3 Å². The van der Waals surface area contributed by atoms with Crippen LogP contribution in [0.4, 0.5) is 4.79 Å². The molecule has 0 bridgehead atoms. The number of ether oxygens (including phenoxy) is 7. The summed E-state index contributed by atoms with van der Waals surface area (Å²) in [6.45, 7) is 15.4. The number of carbonyl (C=O) groups is 6. The highest BCUT2D eigenvalue weighted by molar-refractivity contribution is 5.96. The lowest BCUT2D eigenvalue weighted by Gasteiger charge is -2.46. The summed E-state index contributed by atoms with van der Waals surface area (Å²) >= 11 is 0. The Hall–Kier alpha value is -6.92. The van der Waals surface area contributed by atoms with Crippen molar-refractivity contribution < 1.29 is 61.9 Å². The van der Waals surface area contributed by atoms with Crippen molar-refractivity contribution in [2.75, 3.05) is 13.2 Å². The fraction of sp³-hybridized carbons (Fsp3) is 0.429. The topological polar surface area (TPSA) is 215 Å². The minimum absolute atomic E-state index is 0.0312. The van der Waals surface area contributed by atoms with Crippen LogP contribution in [0.25, 0.3) is 0 Å². The van der Waals surface area contributed by atoms with Gasteiger partial charge in [0.25, 0.3) is 0 Å². The Bertz CT molecular complexity index is 2380. The van der Waals surface area contributed by atoms with Crippen LogP contribution in [-0.2, 0) is 72.2 Å². The first-order chi connectivity index (χ1) is 34.9. The van der Waals surface area contributed by atoms with Gasteiger partial charge in [-0.3, -0.25) is 14.4 Å². The molecule has 8 atom stereocenters. The van der Waals surface area contributed by atoms with E-state index >= 15 is 0 Å². The van der Waals surface area contributed by atoms with Crippen molar-refractivity contribution >= 4 is 35.8 Å². The Balaban J connectivity index is 1.54. The van der Waals surface area contributed by atoms with Crippen LogP contribution in [0, 0.1) is 11.8 Å². The van der Waals surface area contributed by atoms with Crippen molar-refractivity contribution in [2.24, 2.45) is 11.8 Å². The van der Waals surface area contributed by atoms with Crippen LogP contribution in [0.15, 0.2) is 134 Å². The van der Waals surface area contributed by atoms with Gasteiger partial charge in [-0.05, 0) is 61.4 Å². The molecule has 0 aromatic heterocycles. The normalized spacial score (nSPS) is 18.8. The quantitative estimate of drug-likeness (QED) is 0.0308. The summed E-state index contributed by atoms with van der Waals surface area (Å²) < 4.78 is 43.4. The molecular formula is C56H70N4O13. The molecule has 0 aliphatic carbocycles. The standard InChI is InChI=1S/C56H70N4O13/c1-9-30-68-55(66)60-45(36(2)3)51(63)57-42(50(62)59-46(37(4)5)54(65)73-56(6,7)8)31-44(61)58-52-49(72-53(64)41-28-20-13-21-29-41)48(70-34-40-26-18-12-19-27-40)47(69-33-39-24-16-11-17-25-39)43(71-52)35-67-32-38-22-14-10-15-23-38/h9-29,36-37,42-43,45-49,52H,1,30-35H2,2-8H3,(H,57,63)(H,58,61)(H,59,62)(H,60,66)/t42-,43?,45-,46-,47-,48?,49?,52+/m0/s1. The van der Waals surface area contributed by atoms with Crippen molar-refractivity contribution in [3.8, 4) is 0 Å². The lowest BCUT2D eigenvalue weighted by molar-refractivity contribution is -0.265. The highest BCUT2D eigenvalue weighted by Crippen LogP contribution is 2.31. The first-order valence-corrected chi connectivity index (χ1v) is 24.4. The van der Waals surface area contributed by atoms with Gasteiger partial charge >= 0.3 is 18.0 Å². The maximum Gasteiger partial charge on any atom is 0.408 e. The van der Waals surface area contributed by atoms with Crippen molar-refractivity contribution in [1.82, 2.24) is 21.3 Å². The predicted molar refractivity (Wildman–Crippen MR) is 271 cm³/mol. The van der Waals surface area contributed by atoms with E-state index < -0.39 is 108 Å². The first-order valence-electron chi connectivity index (χ1n) is 24.4. The molecule has 73 heavy (non-hydrogen) atoms. The summed E-state index contributed by atoms with van der Waals surface area (Å²) in [5.74, 6) is -5.10. The second kappa shape index (κ2) is 28.4. The van der Waals surface area contributed by atoms with E-state index in [-0.39, 0.29) is 38.6 Å². The van der Waals surface area contributed by atoms with E-state index in [1.807, 2.05) is 91.0 Å². The van der Waals surface area contributed by atoms with Crippen molar-refractivity contribution in [1.29, 1.82) is 0 Å².